The molecule has 1 radical (unpaired) electrons. The van der Waals surface area contributed by atoms with Crippen molar-refractivity contribution >= 4 is 11.5 Å². The molecule has 3 nitrogen and oxygen atoms in total. The van der Waals surface area contributed by atoms with E-state index in [4.69, 9.17) is 14.9 Å². The van der Waals surface area contributed by atoms with Gasteiger partial charge in [-0.25, -0.2) is 0 Å². The van der Waals surface area contributed by atoms with Crippen LogP contribution in [0.25, 0.3) is 0 Å². The zero-order chi connectivity index (χ0) is 18.4. The fourth-order valence-corrected chi connectivity index (χ4v) is 3.02. The van der Waals surface area contributed by atoms with E-state index in [1.54, 1.807) is 0 Å². The Morgan fingerprint density at radius 2 is 1.81 bits per heavy atom. The van der Waals surface area contributed by atoms with Crippen molar-refractivity contribution in [1.29, 1.82) is 0 Å². The van der Waals surface area contributed by atoms with Gasteiger partial charge in [-0.05, 0) is 29.2 Å². The number of aliphatic hydroxyl groups is 1. The standard InChI is InChI=1S/C17H16N.C5H8O2.Ir/c1-17(2)15-11-7-6-10-14(15)12-18-16(17)13-8-4-3-5-9-13;1-4(6)3-5(2)7;/h3-8,10-11H,12H2,1-2H3;3,6H,1-2H3;/q-1;;/p+1/b;4-3-;. The van der Waals surface area contributed by atoms with E-state index in [1.807, 2.05) is 18.2 Å². The van der Waals surface area contributed by atoms with Crippen LogP contribution in [0.5, 0.6) is 0 Å². The van der Waals surface area contributed by atoms with Crippen molar-refractivity contribution in [1.82, 2.24) is 0 Å². The molecule has 0 aliphatic carbocycles. The third-order valence-corrected chi connectivity index (χ3v) is 4.07. The molecule has 0 aromatic heterocycles. The van der Waals surface area contributed by atoms with E-state index in [-0.39, 0.29) is 37.1 Å². The summed E-state index contributed by atoms with van der Waals surface area (Å²) in [7, 11) is 0. The average Bonchev–Trinajstić information content (AvgIpc) is 2.55. The van der Waals surface area contributed by atoms with Gasteiger partial charge in [-0.2, -0.15) is 0 Å². The first-order chi connectivity index (χ1) is 11.8. The fourth-order valence-electron chi connectivity index (χ4n) is 3.02. The summed E-state index contributed by atoms with van der Waals surface area (Å²) in [4.78, 5) is 13.2. The Bertz CT molecular complexity index is 804. The van der Waals surface area contributed by atoms with E-state index >= 15 is 0 Å². The number of nitrogens with zero attached hydrogens (tertiary/aromatic N) is 1. The van der Waals surface area contributed by atoms with Crippen LogP contribution < -0.4 is 0 Å². The number of aliphatic hydroxyl groups excluding tert-OH is 1. The Balaban J connectivity index is 0.000000366. The van der Waals surface area contributed by atoms with Gasteiger partial charge in [-0.1, -0.05) is 38.1 Å². The van der Waals surface area contributed by atoms with Gasteiger partial charge in [0.2, 0.25) is 0 Å². The van der Waals surface area contributed by atoms with E-state index in [9.17, 15) is 0 Å². The second kappa shape index (κ2) is 9.61. The summed E-state index contributed by atoms with van der Waals surface area (Å²) >= 11 is 0. The molecule has 0 saturated carbocycles. The van der Waals surface area contributed by atoms with Crippen molar-refractivity contribution in [2.45, 2.75) is 39.7 Å². The van der Waals surface area contributed by atoms with Crippen LogP contribution in [0.1, 0.15) is 44.4 Å². The smallest absolute Gasteiger partial charge is 0.316 e. The third-order valence-electron chi connectivity index (χ3n) is 4.07. The molecule has 0 bridgehead atoms. The molecule has 1 aliphatic rings. The van der Waals surface area contributed by atoms with Gasteiger partial charge >= 0.3 is 5.78 Å². The third kappa shape index (κ3) is 5.48. The Morgan fingerprint density at radius 1 is 1.15 bits per heavy atom. The summed E-state index contributed by atoms with van der Waals surface area (Å²) in [5, 5.41) is 8.40. The molecule has 1 aliphatic heterocycles. The number of fused-ring (bicyclic) bond motifs is 1. The van der Waals surface area contributed by atoms with Crippen molar-refractivity contribution in [3.05, 3.63) is 83.1 Å². The molecule has 4 heteroatoms. The number of hydrogen-bond acceptors (Lipinski definition) is 2. The summed E-state index contributed by atoms with van der Waals surface area (Å²) in [5.41, 5.74) is 4.92. The first-order valence-corrected chi connectivity index (χ1v) is 8.32. The number of allylic oxidation sites excluding steroid dienone is 2. The molecule has 1 heterocycles. The molecule has 26 heavy (non-hydrogen) atoms. The van der Waals surface area contributed by atoms with Gasteiger partial charge in [0.15, 0.2) is 0 Å². The van der Waals surface area contributed by atoms with E-state index in [0.717, 1.165) is 17.8 Å². The number of rotatable bonds is 2. The molecule has 2 aromatic carbocycles. The molecular weight excluding hydrogens is 502 g/mol. The zero-order valence-electron chi connectivity index (χ0n) is 15.6. The minimum Gasteiger partial charge on any atom is -0.512 e. The van der Waals surface area contributed by atoms with Crippen LogP contribution in [0.15, 0.2) is 65.4 Å². The second-order valence-corrected chi connectivity index (χ2v) is 6.65. The molecule has 0 unspecified atom stereocenters. The number of ketones is 1. The number of hydrogen-bond donors (Lipinski definition) is 1. The number of carbonyl (C=O) groups excluding carboxylic acids is 1. The summed E-state index contributed by atoms with van der Waals surface area (Å²) in [6.45, 7) is 8.26. The summed E-state index contributed by atoms with van der Waals surface area (Å²) in [5.74, 6) is 0.250. The van der Waals surface area contributed by atoms with Gasteiger partial charge in [0.25, 0.3) is 0 Å². The van der Waals surface area contributed by atoms with Crippen LogP contribution in [-0.2, 0) is 32.1 Å². The van der Waals surface area contributed by atoms with E-state index < -0.39 is 0 Å². The molecule has 3 rings (SSSR count). The molecule has 0 amide bonds. The maximum atomic E-state index is 8.40. The second-order valence-electron chi connectivity index (χ2n) is 6.65. The Morgan fingerprint density at radius 3 is 2.35 bits per heavy atom. The minimum absolute atomic E-state index is 0. The first kappa shape index (κ1) is 22.0. The predicted molar refractivity (Wildman–Crippen MR) is 104 cm³/mol. The summed E-state index contributed by atoms with van der Waals surface area (Å²) in [6.07, 6.45) is 1.28. The SMILES string of the molecule is CC(=[OH+])/C=C(/C)O.CC1(C)C(c2[c-]cccc2)=NCc2ccccc21.[Ir]. The molecule has 0 saturated heterocycles. The Kier molecular flexibility index (Phi) is 8.13. The van der Waals surface area contributed by atoms with Crippen LogP contribution in [0, 0.1) is 6.07 Å². The average molecular weight is 528 g/mol. The summed E-state index contributed by atoms with van der Waals surface area (Å²) in [6, 6.07) is 20.0. The Hall–Kier alpha value is -2.03. The molecule has 2 aromatic rings. The molecule has 2 N–H and O–H groups in total. The van der Waals surface area contributed by atoms with E-state index in [1.165, 1.54) is 31.1 Å². The molecule has 0 atom stereocenters. The van der Waals surface area contributed by atoms with Gasteiger partial charge in [0, 0.05) is 20.1 Å². The topological polar surface area (TPSA) is 54.0 Å². The van der Waals surface area contributed by atoms with Gasteiger partial charge in [-0.15, -0.1) is 35.9 Å². The number of benzene rings is 2. The van der Waals surface area contributed by atoms with Crippen LogP contribution in [0.4, 0.5) is 0 Å². The van der Waals surface area contributed by atoms with E-state index in [0.29, 0.717) is 0 Å². The normalized spacial score (nSPS) is 14.8. The van der Waals surface area contributed by atoms with Crippen LogP contribution in [0.2, 0.25) is 0 Å². The maximum absolute atomic E-state index is 8.40. The van der Waals surface area contributed by atoms with Crippen molar-refractivity contribution in [2.75, 3.05) is 0 Å². The molecule has 0 spiro atoms. The fraction of sp³-hybridized carbons (Fsp3) is 0.273. The van der Waals surface area contributed by atoms with E-state index in [2.05, 4.69) is 50.2 Å². The van der Waals surface area contributed by atoms with Gasteiger partial charge in [0.1, 0.15) is 0 Å². The molecule has 0 fully saturated rings. The van der Waals surface area contributed by atoms with Crippen molar-refractivity contribution < 1.29 is 30.0 Å². The predicted octanol–water partition coefficient (Wildman–Crippen LogP) is 4.78. The first-order valence-electron chi connectivity index (χ1n) is 8.32. The zero-order valence-corrected chi connectivity index (χ0v) is 18.0. The van der Waals surface area contributed by atoms with Crippen molar-refractivity contribution in [3.8, 4) is 0 Å². The maximum Gasteiger partial charge on any atom is 0.316 e. The van der Waals surface area contributed by atoms with Crippen LogP contribution >= 0.6 is 0 Å². The van der Waals surface area contributed by atoms with Gasteiger partial charge in [-0.3, -0.25) is 4.79 Å². The quantitative estimate of drug-likeness (QED) is 0.260. The largest absolute Gasteiger partial charge is 0.512 e. The monoisotopic (exact) mass is 528 g/mol. The van der Waals surface area contributed by atoms with Crippen LogP contribution in [0.3, 0.4) is 0 Å². The number of aliphatic imine (C=N–C) groups is 1. The molecular formula is C22H25IrNO2. The van der Waals surface area contributed by atoms with Crippen molar-refractivity contribution in [3.63, 3.8) is 0 Å². The van der Waals surface area contributed by atoms with Crippen molar-refractivity contribution in [2.24, 2.45) is 4.99 Å². The van der Waals surface area contributed by atoms with Crippen LogP contribution in [-0.4, -0.2) is 21.4 Å². The summed E-state index contributed by atoms with van der Waals surface area (Å²) < 4.78 is 0. The Labute approximate surface area is 169 Å². The minimum atomic E-state index is -0.0489. The molecule has 139 valence electrons. The van der Waals surface area contributed by atoms with Gasteiger partial charge < -0.3 is 10.1 Å². The van der Waals surface area contributed by atoms with Gasteiger partial charge in [0.05, 0.1) is 25.3 Å².